The van der Waals surface area contributed by atoms with Crippen LogP contribution in [0.15, 0.2) is 48.5 Å². The van der Waals surface area contributed by atoms with Crippen molar-refractivity contribution in [1.82, 2.24) is 0 Å². The molecule has 150 valence electrons. The summed E-state index contributed by atoms with van der Waals surface area (Å²) < 4.78 is 5.77. The lowest BCUT2D eigenvalue weighted by Gasteiger charge is -2.39. The molecule has 5 N–H and O–H groups in total. The number of thioether (sulfide) groups is 1. The number of anilines is 1. The van der Waals surface area contributed by atoms with E-state index in [-0.39, 0.29) is 11.3 Å². The Morgan fingerprint density at radius 3 is 2.46 bits per heavy atom. The van der Waals surface area contributed by atoms with Gasteiger partial charge in [-0.05, 0) is 30.3 Å². The molecule has 0 saturated carbocycles. The Morgan fingerprint density at radius 1 is 1.07 bits per heavy atom. The van der Waals surface area contributed by atoms with E-state index in [4.69, 9.17) is 16.3 Å². The van der Waals surface area contributed by atoms with Crippen molar-refractivity contribution in [1.29, 1.82) is 0 Å². The van der Waals surface area contributed by atoms with Crippen molar-refractivity contribution in [3.63, 3.8) is 0 Å². The fraction of sp³-hybridized carbons (Fsp3) is 0.316. The van der Waals surface area contributed by atoms with E-state index in [2.05, 4.69) is 5.32 Å². The van der Waals surface area contributed by atoms with Crippen LogP contribution in [0.3, 0.4) is 0 Å². The minimum absolute atomic E-state index is 0.144. The number of hydrogen-bond acceptors (Lipinski definition) is 7. The molecule has 0 bridgehead atoms. The van der Waals surface area contributed by atoms with E-state index in [1.165, 1.54) is 18.2 Å². The number of carbonyl (C=O) groups is 1. The summed E-state index contributed by atoms with van der Waals surface area (Å²) >= 11 is 7.00. The van der Waals surface area contributed by atoms with Crippen molar-refractivity contribution in [3.05, 3.63) is 59.1 Å². The van der Waals surface area contributed by atoms with Crippen LogP contribution in [0.4, 0.5) is 5.69 Å². The molecule has 2 aromatic rings. The van der Waals surface area contributed by atoms with Crippen LogP contribution in [-0.2, 0) is 0 Å². The Kier molecular flexibility index (Phi) is 6.82. The van der Waals surface area contributed by atoms with Crippen molar-refractivity contribution in [2.45, 2.75) is 29.0 Å². The summed E-state index contributed by atoms with van der Waals surface area (Å²) in [5, 5.41) is 41.9. The van der Waals surface area contributed by atoms with Crippen molar-refractivity contribution >= 4 is 35.0 Å². The largest absolute Gasteiger partial charge is 0.476 e. The highest BCUT2D eigenvalue weighted by molar-refractivity contribution is 8.00. The van der Waals surface area contributed by atoms with E-state index < -0.39 is 41.5 Å². The van der Waals surface area contributed by atoms with Crippen LogP contribution in [0.2, 0.25) is 5.02 Å². The highest BCUT2D eigenvalue weighted by atomic mass is 35.5. The summed E-state index contributed by atoms with van der Waals surface area (Å²) in [5.74, 6) is -0.312. The Labute approximate surface area is 170 Å². The minimum Gasteiger partial charge on any atom is -0.476 e. The third kappa shape index (κ3) is 4.60. The van der Waals surface area contributed by atoms with Gasteiger partial charge in [-0.2, -0.15) is 0 Å². The van der Waals surface area contributed by atoms with Gasteiger partial charge in [0, 0.05) is 10.7 Å². The van der Waals surface area contributed by atoms with Gasteiger partial charge in [0.1, 0.15) is 18.0 Å². The molecule has 3 rings (SSSR count). The lowest BCUT2D eigenvalue weighted by Crippen LogP contribution is -2.55. The Morgan fingerprint density at radius 2 is 1.79 bits per heavy atom. The van der Waals surface area contributed by atoms with Gasteiger partial charge in [-0.25, -0.2) is 0 Å². The van der Waals surface area contributed by atoms with E-state index in [0.29, 0.717) is 10.7 Å². The van der Waals surface area contributed by atoms with Gasteiger partial charge in [-0.3, -0.25) is 4.79 Å². The number of nitrogens with one attached hydrogen (secondary N) is 1. The van der Waals surface area contributed by atoms with Crippen molar-refractivity contribution in [2.75, 3.05) is 11.9 Å². The summed E-state index contributed by atoms with van der Waals surface area (Å²) in [4.78, 5) is 12.7. The van der Waals surface area contributed by atoms with Gasteiger partial charge in [0.25, 0.3) is 5.91 Å². The maximum absolute atomic E-state index is 12.7. The highest BCUT2D eigenvalue weighted by Crippen LogP contribution is 2.36. The third-order valence-corrected chi connectivity index (χ3v) is 5.97. The molecule has 0 aliphatic carbocycles. The molecule has 1 saturated heterocycles. The van der Waals surface area contributed by atoms with Crippen molar-refractivity contribution < 1.29 is 30.0 Å². The predicted molar refractivity (Wildman–Crippen MR) is 107 cm³/mol. The van der Waals surface area contributed by atoms with Gasteiger partial charge < -0.3 is 30.5 Å². The molecule has 1 unspecified atom stereocenters. The van der Waals surface area contributed by atoms with E-state index in [0.717, 1.165) is 11.8 Å². The lowest BCUT2D eigenvalue weighted by molar-refractivity contribution is -0.0909. The molecular formula is C19H20ClNO6S. The zero-order valence-corrected chi connectivity index (χ0v) is 16.2. The summed E-state index contributed by atoms with van der Waals surface area (Å²) in [5.41, 5.74) is -0.269. The van der Waals surface area contributed by atoms with Crippen LogP contribution in [0.5, 0.6) is 5.75 Å². The number of aliphatic hydroxyl groups is 4. The van der Waals surface area contributed by atoms with Gasteiger partial charge in [0.05, 0.1) is 23.5 Å². The summed E-state index contributed by atoms with van der Waals surface area (Å²) in [6.45, 7) is -0.405. The van der Waals surface area contributed by atoms with Crippen LogP contribution >= 0.6 is 23.4 Å². The van der Waals surface area contributed by atoms with E-state index in [1.807, 2.05) is 6.07 Å². The zero-order valence-electron chi connectivity index (χ0n) is 14.6. The summed E-state index contributed by atoms with van der Waals surface area (Å²) in [7, 11) is 0. The normalized spacial score (nSPS) is 27.2. The molecule has 1 amide bonds. The number of aliphatic hydroxyl groups excluding tert-OH is 4. The Bertz CT molecular complexity index is 821. The van der Waals surface area contributed by atoms with Crippen molar-refractivity contribution in [3.8, 4) is 5.75 Å². The van der Waals surface area contributed by atoms with Gasteiger partial charge in [-0.15, -0.1) is 11.8 Å². The topological polar surface area (TPSA) is 119 Å². The van der Waals surface area contributed by atoms with Crippen molar-refractivity contribution in [2.24, 2.45) is 0 Å². The molecule has 5 atom stereocenters. The van der Waals surface area contributed by atoms with Crippen LogP contribution < -0.4 is 10.1 Å². The van der Waals surface area contributed by atoms with Gasteiger partial charge in [0.2, 0.25) is 0 Å². The van der Waals surface area contributed by atoms with Gasteiger partial charge >= 0.3 is 0 Å². The molecule has 1 aliphatic rings. The lowest BCUT2D eigenvalue weighted by atomic mass is 10.0. The summed E-state index contributed by atoms with van der Waals surface area (Å²) in [6.07, 6.45) is -4.20. The third-order valence-electron chi connectivity index (χ3n) is 4.31. The first-order chi connectivity index (χ1) is 13.4. The molecule has 0 aromatic heterocycles. The zero-order chi connectivity index (χ0) is 20.3. The molecule has 1 fully saturated rings. The van der Waals surface area contributed by atoms with Gasteiger partial charge in [0.15, 0.2) is 5.44 Å². The molecule has 28 heavy (non-hydrogen) atoms. The maximum atomic E-state index is 12.7. The number of benzene rings is 2. The number of carbonyl (C=O) groups excluding carboxylic acids is 1. The first-order valence-electron chi connectivity index (χ1n) is 8.54. The molecule has 1 heterocycles. The molecule has 0 spiro atoms. The highest BCUT2D eigenvalue weighted by Gasteiger charge is 2.44. The second-order valence-electron chi connectivity index (χ2n) is 6.28. The second kappa shape index (κ2) is 9.13. The fourth-order valence-electron chi connectivity index (χ4n) is 2.79. The Hall–Kier alpha value is -1.81. The number of amides is 1. The monoisotopic (exact) mass is 425 g/mol. The molecular weight excluding hydrogens is 406 g/mol. The predicted octanol–water partition coefficient (Wildman–Crippen LogP) is 1.49. The molecule has 7 nitrogen and oxygen atoms in total. The van der Waals surface area contributed by atoms with E-state index >= 15 is 0 Å². The number of ether oxygens (including phenoxy) is 1. The van der Waals surface area contributed by atoms with E-state index in [9.17, 15) is 25.2 Å². The van der Waals surface area contributed by atoms with Crippen LogP contribution in [0.1, 0.15) is 10.4 Å². The smallest absolute Gasteiger partial charge is 0.259 e. The quantitative estimate of drug-likeness (QED) is 0.492. The average Bonchev–Trinajstić information content (AvgIpc) is 2.70. The standard InChI is InChI=1S/C19H20ClNO6S/c20-10-6-7-13(12(8-10)18(26)21-11-4-2-1-3-5-11)27-19-17(25)16(24)15(23)14(9-22)28-19/h1-8,14-17,19,22-25H,9H2,(H,21,26)/t14?,15-,16+,17-,19-/m1/s1. The number of halogens is 1. The minimum atomic E-state index is -1.49. The fourth-order valence-corrected chi connectivity index (χ4v) is 4.20. The average molecular weight is 426 g/mol. The number of hydrogen-bond donors (Lipinski definition) is 5. The molecule has 9 heteroatoms. The maximum Gasteiger partial charge on any atom is 0.259 e. The first kappa shape index (κ1) is 20.9. The first-order valence-corrected chi connectivity index (χ1v) is 9.86. The summed E-state index contributed by atoms with van der Waals surface area (Å²) in [6, 6.07) is 13.3. The molecule has 1 aliphatic heterocycles. The molecule has 2 aromatic carbocycles. The second-order valence-corrected chi connectivity index (χ2v) is 8.05. The number of para-hydroxylation sites is 1. The van der Waals surface area contributed by atoms with Gasteiger partial charge in [-0.1, -0.05) is 29.8 Å². The Balaban J connectivity index is 1.83. The molecule has 0 radical (unpaired) electrons. The van der Waals surface area contributed by atoms with Crippen LogP contribution in [-0.4, -0.2) is 61.9 Å². The van der Waals surface area contributed by atoms with E-state index in [1.54, 1.807) is 24.3 Å². The number of rotatable bonds is 5. The van der Waals surface area contributed by atoms with Crippen LogP contribution in [0, 0.1) is 0 Å². The van der Waals surface area contributed by atoms with Crippen LogP contribution in [0.25, 0.3) is 0 Å². The SMILES string of the molecule is O=C(Nc1ccccc1)c1cc(Cl)ccc1O[C@@H]1SC(CO)[C@@H](O)[C@H](O)[C@H]1O.